The monoisotopic (exact) mass is 192 g/mol. The standard InChI is InChI=1S/C4H9.CH2.Sn.H/c1-4(2)3;;;/h1-3H3;1H2;;. The molecule has 0 nitrogen and oxygen atoms in total. The topological polar surface area (TPSA) is 0 Å². The van der Waals surface area contributed by atoms with Gasteiger partial charge in [0.1, 0.15) is 0 Å². The van der Waals surface area contributed by atoms with E-state index in [1.54, 1.807) is 0 Å². The zero-order valence-corrected chi connectivity index (χ0v) is 8.08. The van der Waals surface area contributed by atoms with Crippen LogP contribution in [0.25, 0.3) is 0 Å². The van der Waals surface area contributed by atoms with Crippen molar-refractivity contribution in [2.24, 2.45) is 0 Å². The van der Waals surface area contributed by atoms with Gasteiger partial charge in [-0.1, -0.05) is 0 Å². The molecule has 0 aliphatic heterocycles. The summed E-state index contributed by atoms with van der Waals surface area (Å²) < 4.78 is 4.57. The van der Waals surface area contributed by atoms with Gasteiger partial charge < -0.3 is 0 Å². The van der Waals surface area contributed by atoms with E-state index >= 15 is 0 Å². The van der Waals surface area contributed by atoms with Gasteiger partial charge in [0.15, 0.2) is 0 Å². The Bertz CT molecular complexity index is 49.4. The molecule has 0 atom stereocenters. The van der Waals surface area contributed by atoms with Crippen LogP contribution in [0.15, 0.2) is 0 Å². The van der Waals surface area contributed by atoms with Crippen molar-refractivity contribution in [2.75, 3.05) is 0 Å². The molecular weight excluding hydrogens is 179 g/mol. The van der Waals surface area contributed by atoms with Crippen molar-refractivity contribution in [1.82, 2.24) is 0 Å². The van der Waals surface area contributed by atoms with Gasteiger partial charge in [0.05, 0.1) is 0 Å². The summed E-state index contributed by atoms with van der Waals surface area (Å²) in [7, 11) is 0. The molecule has 0 saturated heterocycles. The third-order valence-corrected chi connectivity index (χ3v) is 4.11. The van der Waals surface area contributed by atoms with Gasteiger partial charge in [-0.05, 0) is 0 Å². The molecule has 0 aliphatic rings. The van der Waals surface area contributed by atoms with E-state index in [0.29, 0.717) is 3.43 Å². The second-order valence-electron chi connectivity index (χ2n) is 2.57. The van der Waals surface area contributed by atoms with Gasteiger partial charge in [0, 0.05) is 0 Å². The summed E-state index contributed by atoms with van der Waals surface area (Å²) >= 11 is -0.372. The molecule has 6 heavy (non-hydrogen) atoms. The summed E-state index contributed by atoms with van der Waals surface area (Å²) in [6.45, 7) is 6.80. The molecule has 0 amide bonds. The van der Waals surface area contributed by atoms with Gasteiger partial charge in [-0.15, -0.1) is 0 Å². The Kier molecular flexibility index (Phi) is 2.34. The van der Waals surface area contributed by atoms with Gasteiger partial charge in [0.25, 0.3) is 0 Å². The van der Waals surface area contributed by atoms with Crippen LogP contribution in [0, 0.1) is 0 Å². The second-order valence-corrected chi connectivity index (χ2v) is 8.68. The molecule has 0 aromatic carbocycles. The van der Waals surface area contributed by atoms with E-state index in [2.05, 4.69) is 25.3 Å². The molecule has 0 unspecified atom stereocenters. The molecule has 0 aliphatic carbocycles. The molecule has 0 spiro atoms. The van der Waals surface area contributed by atoms with Crippen LogP contribution >= 0.6 is 0 Å². The Balaban J connectivity index is 3.45. The van der Waals surface area contributed by atoms with Crippen molar-refractivity contribution in [3.8, 4) is 0 Å². The quantitative estimate of drug-likeness (QED) is 0.502. The molecule has 1 heteroatoms. The maximum atomic E-state index is 3.95. The molecule has 0 bridgehead atoms. The van der Waals surface area contributed by atoms with E-state index in [0.717, 1.165) is 0 Å². The van der Waals surface area contributed by atoms with E-state index in [1.807, 2.05) is 0 Å². The third kappa shape index (κ3) is 4.67. The minimum absolute atomic E-state index is 0.372. The number of hydrogen-bond acceptors (Lipinski definition) is 0. The first-order valence-corrected chi connectivity index (χ1v) is 6.18. The van der Waals surface area contributed by atoms with E-state index < -0.39 is 0 Å². The Morgan fingerprint density at radius 1 is 1.33 bits per heavy atom. The zero-order valence-electron chi connectivity index (χ0n) is 4.78. The molecule has 0 N–H and O–H groups in total. The zero-order chi connectivity index (χ0) is 5.21. The summed E-state index contributed by atoms with van der Waals surface area (Å²) in [6, 6.07) is 0. The average Bonchev–Trinajstić information content (AvgIpc) is 1.35. The van der Waals surface area contributed by atoms with Crippen LogP contribution in [0.3, 0.4) is 0 Å². The second kappa shape index (κ2) is 2.10. The van der Waals surface area contributed by atoms with Crippen molar-refractivity contribution in [1.29, 1.82) is 0 Å². The molecule has 0 heterocycles. The van der Waals surface area contributed by atoms with Crippen LogP contribution in [0.2, 0.25) is 3.43 Å². The fourth-order valence-corrected chi connectivity index (χ4v) is 0. The summed E-state index contributed by atoms with van der Waals surface area (Å²) in [6.07, 6.45) is 0. The van der Waals surface area contributed by atoms with Crippen LogP contribution in [0.5, 0.6) is 0 Å². The Morgan fingerprint density at radius 2 is 1.50 bits per heavy atom. The fraction of sp³-hybridized carbons (Fsp3) is 0.800. The molecule has 0 aromatic heterocycles. The number of rotatable bonds is 0. The first-order valence-electron chi connectivity index (χ1n) is 2.20. The number of hydrogen-bond donors (Lipinski definition) is 0. The summed E-state index contributed by atoms with van der Waals surface area (Å²) in [5, 5.41) is 0. The minimum atomic E-state index is -0.372. The van der Waals surface area contributed by atoms with Gasteiger partial charge in [-0.3, -0.25) is 0 Å². The molecular formula is C5H12Sn. The van der Waals surface area contributed by atoms with Crippen LogP contribution in [-0.2, 0) is 0 Å². The molecule has 0 radical (unpaired) electrons. The Morgan fingerprint density at radius 3 is 1.50 bits per heavy atom. The average molecular weight is 191 g/mol. The van der Waals surface area contributed by atoms with Crippen LogP contribution in [0.1, 0.15) is 20.8 Å². The van der Waals surface area contributed by atoms with Gasteiger partial charge in [-0.2, -0.15) is 0 Å². The Labute approximate surface area is 49.7 Å². The van der Waals surface area contributed by atoms with Crippen molar-refractivity contribution >= 4 is 25.2 Å². The van der Waals surface area contributed by atoms with Crippen molar-refractivity contribution in [3.05, 3.63) is 0 Å². The van der Waals surface area contributed by atoms with Crippen LogP contribution in [-0.4, -0.2) is 25.2 Å². The SMILES string of the molecule is [CH2]=[SnH][C](C)(C)C. The third-order valence-electron chi connectivity index (χ3n) is 0.612. The predicted molar refractivity (Wildman–Crippen MR) is 34.0 cm³/mol. The normalized spacial score (nSPS) is 11.2. The molecule has 0 rings (SSSR count). The van der Waals surface area contributed by atoms with E-state index in [4.69, 9.17) is 0 Å². The molecule has 36 valence electrons. The summed E-state index contributed by atoms with van der Waals surface area (Å²) in [4.78, 5) is 0. The van der Waals surface area contributed by atoms with Crippen LogP contribution < -0.4 is 0 Å². The van der Waals surface area contributed by atoms with Crippen molar-refractivity contribution < 1.29 is 0 Å². The molecule has 0 saturated carbocycles. The molecule has 0 aromatic rings. The Hall–Kier alpha value is 0.669. The summed E-state index contributed by atoms with van der Waals surface area (Å²) in [5.74, 6) is 0. The first kappa shape index (κ1) is 6.67. The van der Waals surface area contributed by atoms with Gasteiger partial charge >= 0.3 is 49.4 Å². The van der Waals surface area contributed by atoms with Crippen molar-refractivity contribution in [3.63, 3.8) is 0 Å². The predicted octanol–water partition coefficient (Wildman–Crippen LogP) is 1.07. The first-order chi connectivity index (χ1) is 2.56. The van der Waals surface area contributed by atoms with E-state index in [1.165, 1.54) is 0 Å². The van der Waals surface area contributed by atoms with Crippen molar-refractivity contribution in [2.45, 2.75) is 24.2 Å². The molecule has 0 fully saturated rings. The fourth-order valence-electron chi connectivity index (χ4n) is 0. The summed E-state index contributed by atoms with van der Waals surface area (Å²) in [5.41, 5.74) is 0. The maximum absolute atomic E-state index is 3.95. The van der Waals surface area contributed by atoms with Gasteiger partial charge in [-0.25, -0.2) is 0 Å². The van der Waals surface area contributed by atoms with Gasteiger partial charge in [0.2, 0.25) is 0 Å². The van der Waals surface area contributed by atoms with E-state index in [-0.39, 0.29) is 20.7 Å². The van der Waals surface area contributed by atoms with E-state index in [9.17, 15) is 0 Å². The van der Waals surface area contributed by atoms with Crippen LogP contribution in [0.4, 0.5) is 0 Å².